The van der Waals surface area contributed by atoms with Crippen molar-refractivity contribution in [2.75, 3.05) is 19.3 Å². The molecule has 2 aliphatic rings. The first-order chi connectivity index (χ1) is 8.19. The van der Waals surface area contributed by atoms with Crippen molar-refractivity contribution in [2.24, 2.45) is 5.14 Å². The number of fused-ring (bicyclic) bond motifs is 3. The summed E-state index contributed by atoms with van der Waals surface area (Å²) in [6.07, 6.45) is 0. The first-order valence-electron chi connectivity index (χ1n) is 5.78. The molecular weight excluding hydrogens is 270 g/mol. The Morgan fingerprint density at radius 1 is 1.59 bits per heavy atom. The molecule has 1 fully saturated rings. The van der Waals surface area contributed by atoms with E-state index in [2.05, 4.69) is 30.3 Å². The highest BCUT2D eigenvalue weighted by Crippen LogP contribution is 2.46. The summed E-state index contributed by atoms with van der Waals surface area (Å²) < 4.78 is 2.68. The van der Waals surface area contributed by atoms with E-state index in [0.717, 1.165) is 6.54 Å². The highest BCUT2D eigenvalue weighted by atomic mass is 32.2. The highest BCUT2D eigenvalue weighted by molar-refractivity contribution is 8.02. The Bertz CT molecular complexity index is 420. The normalized spacial score (nSPS) is 33.2. The summed E-state index contributed by atoms with van der Waals surface area (Å²) in [6.45, 7) is 3.40. The van der Waals surface area contributed by atoms with Gasteiger partial charge < -0.3 is 5.32 Å². The fourth-order valence-corrected chi connectivity index (χ4v) is 6.03. The number of likely N-dealkylation sites (N-methyl/N-ethyl adjacent to an activating group) is 1. The molecule has 3 nitrogen and oxygen atoms in total. The van der Waals surface area contributed by atoms with Crippen LogP contribution >= 0.6 is 35.0 Å². The van der Waals surface area contributed by atoms with E-state index in [1.165, 1.54) is 31.7 Å². The van der Waals surface area contributed by atoms with Crippen LogP contribution in [-0.2, 0) is 0 Å². The monoisotopic (exact) mass is 287 g/mol. The lowest BCUT2D eigenvalue weighted by Crippen LogP contribution is -2.57. The van der Waals surface area contributed by atoms with Gasteiger partial charge in [0.05, 0.1) is 14.5 Å². The molecule has 3 heterocycles. The molecule has 0 amide bonds. The van der Waals surface area contributed by atoms with E-state index in [4.69, 9.17) is 5.14 Å². The molecule has 0 radical (unpaired) electrons. The lowest BCUT2D eigenvalue weighted by Gasteiger charge is -2.45. The number of hydrogen-bond donors (Lipinski definition) is 2. The molecule has 3 atom stereocenters. The number of thiophene rings is 1. The van der Waals surface area contributed by atoms with Gasteiger partial charge in [-0.05, 0) is 37.5 Å². The maximum Gasteiger partial charge on any atom is 0.0764 e. The molecule has 3 unspecified atom stereocenters. The predicted octanol–water partition coefficient (Wildman–Crippen LogP) is 2.15. The number of thioether (sulfide) groups is 1. The first-order valence-corrected chi connectivity index (χ1v) is 8.46. The number of hydrogen-bond acceptors (Lipinski definition) is 6. The SMILES string of the molecule is CC1CN(C)C2CSc3sc(SN)cc3C2N1. The van der Waals surface area contributed by atoms with Gasteiger partial charge in [0.25, 0.3) is 0 Å². The van der Waals surface area contributed by atoms with Gasteiger partial charge in [-0.15, -0.1) is 23.1 Å². The molecule has 2 aliphatic heterocycles. The van der Waals surface area contributed by atoms with E-state index < -0.39 is 0 Å². The fourth-order valence-electron chi connectivity index (χ4n) is 2.73. The first kappa shape index (κ1) is 12.3. The summed E-state index contributed by atoms with van der Waals surface area (Å²) in [7, 11) is 2.24. The molecule has 0 aliphatic carbocycles. The van der Waals surface area contributed by atoms with Crippen LogP contribution in [0.1, 0.15) is 18.5 Å². The number of nitrogens with two attached hydrogens (primary N) is 1. The van der Waals surface area contributed by atoms with Crippen LogP contribution < -0.4 is 10.5 Å². The van der Waals surface area contributed by atoms with Gasteiger partial charge in [0, 0.05) is 24.4 Å². The van der Waals surface area contributed by atoms with Gasteiger partial charge >= 0.3 is 0 Å². The van der Waals surface area contributed by atoms with Crippen molar-refractivity contribution in [2.45, 2.75) is 33.5 Å². The van der Waals surface area contributed by atoms with E-state index in [-0.39, 0.29) is 0 Å². The van der Waals surface area contributed by atoms with E-state index in [1.54, 1.807) is 0 Å². The third-order valence-corrected chi connectivity index (χ3v) is 6.75. The van der Waals surface area contributed by atoms with Gasteiger partial charge in [-0.3, -0.25) is 10.0 Å². The lowest BCUT2D eigenvalue weighted by atomic mass is 9.97. The molecule has 1 aromatic rings. The van der Waals surface area contributed by atoms with Crippen LogP contribution in [0.3, 0.4) is 0 Å². The smallest absolute Gasteiger partial charge is 0.0764 e. The van der Waals surface area contributed by atoms with Crippen molar-refractivity contribution in [1.82, 2.24) is 10.2 Å². The minimum atomic E-state index is 0.483. The van der Waals surface area contributed by atoms with Gasteiger partial charge in [0.2, 0.25) is 0 Å². The van der Waals surface area contributed by atoms with E-state index in [9.17, 15) is 0 Å². The van der Waals surface area contributed by atoms with Crippen molar-refractivity contribution in [3.05, 3.63) is 11.6 Å². The number of nitrogens with one attached hydrogen (secondary N) is 1. The lowest BCUT2D eigenvalue weighted by molar-refractivity contribution is 0.134. The number of nitrogens with zero attached hydrogens (tertiary/aromatic N) is 1. The molecule has 0 bridgehead atoms. The Morgan fingerprint density at radius 2 is 2.41 bits per heavy atom. The van der Waals surface area contributed by atoms with Gasteiger partial charge in [-0.2, -0.15) is 0 Å². The Hall–Kier alpha value is 0.280. The molecular formula is C11H17N3S3. The molecule has 3 N–H and O–H groups in total. The Kier molecular flexibility index (Phi) is 3.44. The summed E-state index contributed by atoms with van der Waals surface area (Å²) in [4.78, 5) is 2.49. The van der Waals surface area contributed by atoms with Gasteiger partial charge in [0.1, 0.15) is 0 Å². The summed E-state index contributed by atoms with van der Waals surface area (Å²) >= 11 is 5.19. The van der Waals surface area contributed by atoms with Crippen LogP contribution in [0.2, 0.25) is 0 Å². The Morgan fingerprint density at radius 3 is 3.18 bits per heavy atom. The minimum Gasteiger partial charge on any atom is -0.305 e. The van der Waals surface area contributed by atoms with E-state index >= 15 is 0 Å². The van der Waals surface area contributed by atoms with Crippen molar-refractivity contribution in [1.29, 1.82) is 0 Å². The summed E-state index contributed by atoms with van der Waals surface area (Å²) in [5.41, 5.74) is 1.46. The Balaban J connectivity index is 1.95. The molecule has 3 rings (SSSR count). The maximum absolute atomic E-state index is 5.67. The summed E-state index contributed by atoms with van der Waals surface area (Å²) in [5, 5.41) is 9.42. The van der Waals surface area contributed by atoms with Crippen molar-refractivity contribution < 1.29 is 0 Å². The average molecular weight is 287 g/mol. The fraction of sp³-hybridized carbons (Fsp3) is 0.636. The summed E-state index contributed by atoms with van der Waals surface area (Å²) in [5.74, 6) is 1.18. The third-order valence-electron chi connectivity index (χ3n) is 3.52. The second-order valence-electron chi connectivity index (χ2n) is 4.79. The number of rotatable bonds is 1. The van der Waals surface area contributed by atoms with Crippen molar-refractivity contribution >= 4 is 35.0 Å². The summed E-state index contributed by atoms with van der Waals surface area (Å²) in [6, 6.07) is 3.94. The molecule has 1 saturated heterocycles. The molecule has 6 heteroatoms. The molecule has 94 valence electrons. The van der Waals surface area contributed by atoms with Gasteiger partial charge in [-0.25, -0.2) is 0 Å². The van der Waals surface area contributed by atoms with Crippen LogP contribution in [0.15, 0.2) is 14.5 Å². The maximum atomic E-state index is 5.67. The minimum absolute atomic E-state index is 0.483. The van der Waals surface area contributed by atoms with Crippen molar-refractivity contribution in [3.8, 4) is 0 Å². The zero-order chi connectivity index (χ0) is 12.0. The molecule has 0 spiro atoms. The highest BCUT2D eigenvalue weighted by Gasteiger charge is 2.38. The average Bonchev–Trinajstić information content (AvgIpc) is 2.72. The number of piperazine rings is 1. The molecule has 1 aromatic heterocycles. The van der Waals surface area contributed by atoms with E-state index in [0.29, 0.717) is 18.1 Å². The quantitative estimate of drug-likeness (QED) is 0.775. The third kappa shape index (κ3) is 2.15. The molecule has 0 aromatic carbocycles. The van der Waals surface area contributed by atoms with Crippen LogP contribution in [0.25, 0.3) is 0 Å². The van der Waals surface area contributed by atoms with E-state index in [1.807, 2.05) is 23.1 Å². The molecule has 0 saturated carbocycles. The van der Waals surface area contributed by atoms with Crippen LogP contribution in [-0.4, -0.2) is 36.3 Å². The van der Waals surface area contributed by atoms with Gasteiger partial charge in [-0.1, -0.05) is 0 Å². The van der Waals surface area contributed by atoms with Crippen LogP contribution in [0.5, 0.6) is 0 Å². The second-order valence-corrected chi connectivity index (χ2v) is 8.06. The van der Waals surface area contributed by atoms with Crippen molar-refractivity contribution in [3.63, 3.8) is 0 Å². The van der Waals surface area contributed by atoms with Crippen LogP contribution in [0.4, 0.5) is 0 Å². The standard InChI is InChI=1S/C11H17N3S3/c1-6-4-14(2)8-5-15-11-7(10(8)13-6)3-9(16-11)17-12/h3,6,8,10,13H,4-5,12H2,1-2H3. The molecule has 17 heavy (non-hydrogen) atoms. The largest absolute Gasteiger partial charge is 0.305 e. The Labute approximate surface area is 115 Å². The van der Waals surface area contributed by atoms with Gasteiger partial charge in [0.15, 0.2) is 0 Å². The predicted molar refractivity (Wildman–Crippen MR) is 76.8 cm³/mol. The topological polar surface area (TPSA) is 41.3 Å². The zero-order valence-corrected chi connectivity index (χ0v) is 12.4. The zero-order valence-electron chi connectivity index (χ0n) is 9.97. The second kappa shape index (κ2) is 4.75. The van der Waals surface area contributed by atoms with Crippen LogP contribution in [0, 0.1) is 0 Å².